The van der Waals surface area contributed by atoms with Gasteiger partial charge in [0.25, 0.3) is 5.91 Å². The van der Waals surface area contributed by atoms with E-state index in [0.717, 1.165) is 0 Å². The van der Waals surface area contributed by atoms with Gasteiger partial charge in [-0.2, -0.15) is 0 Å². The molecule has 1 rings (SSSR count). The molecule has 1 aromatic heterocycles. The van der Waals surface area contributed by atoms with E-state index in [-0.39, 0.29) is 12.5 Å². The van der Waals surface area contributed by atoms with E-state index >= 15 is 0 Å². The van der Waals surface area contributed by atoms with Crippen LogP contribution in [0.25, 0.3) is 0 Å². The first-order valence-corrected chi connectivity index (χ1v) is 7.01. The second-order valence-corrected chi connectivity index (χ2v) is 5.06. The van der Waals surface area contributed by atoms with Crippen molar-refractivity contribution in [3.8, 4) is 11.8 Å². The Morgan fingerprint density at radius 3 is 2.90 bits per heavy atom. The lowest BCUT2D eigenvalue weighted by Crippen LogP contribution is -2.37. The summed E-state index contributed by atoms with van der Waals surface area (Å²) in [7, 11) is 1.63. The Balaban J connectivity index is 3.02. The molecule has 0 atom stereocenters. The van der Waals surface area contributed by atoms with Crippen molar-refractivity contribution < 1.29 is 9.53 Å². The van der Waals surface area contributed by atoms with Crippen molar-refractivity contribution in [2.24, 2.45) is 11.7 Å². The van der Waals surface area contributed by atoms with E-state index in [1.54, 1.807) is 30.5 Å². The molecule has 0 saturated heterocycles. The highest BCUT2D eigenvalue weighted by atomic mass is 16.5. The Morgan fingerprint density at radius 2 is 2.29 bits per heavy atom. The molecule has 0 saturated carbocycles. The number of ether oxygens (including phenoxy) is 1. The Bertz CT molecular complexity index is 518. The Hall–Kier alpha value is -1.90. The number of rotatable bonds is 6. The molecule has 5 nitrogen and oxygen atoms in total. The number of pyridine rings is 1. The standard InChI is InChI=1S/C16H23N3O2/c1-13(2)12-19(9-10-21-3)16(20)15-6-8-18-11-14(15)5-4-7-17/h6,8,11,13H,7,9-10,12,17H2,1-3H3. The Labute approximate surface area is 126 Å². The number of hydrogen-bond acceptors (Lipinski definition) is 4. The summed E-state index contributed by atoms with van der Waals surface area (Å²) in [6, 6.07) is 1.70. The molecule has 0 aliphatic heterocycles. The van der Waals surface area contributed by atoms with Gasteiger partial charge in [0.05, 0.1) is 24.3 Å². The SMILES string of the molecule is COCCN(CC(C)C)C(=O)c1ccncc1C#CCN. The fourth-order valence-corrected chi connectivity index (χ4v) is 1.92. The van der Waals surface area contributed by atoms with E-state index in [1.165, 1.54) is 0 Å². The molecule has 21 heavy (non-hydrogen) atoms. The summed E-state index contributed by atoms with van der Waals surface area (Å²) in [5, 5.41) is 0. The van der Waals surface area contributed by atoms with Crippen LogP contribution >= 0.6 is 0 Å². The summed E-state index contributed by atoms with van der Waals surface area (Å²) in [6.07, 6.45) is 3.20. The van der Waals surface area contributed by atoms with Crippen molar-refractivity contribution in [3.05, 3.63) is 29.6 Å². The van der Waals surface area contributed by atoms with Crippen LogP contribution in [0.15, 0.2) is 18.5 Å². The number of aromatic nitrogens is 1. The molecule has 2 N–H and O–H groups in total. The summed E-state index contributed by atoms with van der Waals surface area (Å²) < 4.78 is 5.08. The van der Waals surface area contributed by atoms with Crippen LogP contribution in [0.1, 0.15) is 29.8 Å². The average molecular weight is 289 g/mol. The maximum Gasteiger partial charge on any atom is 0.255 e. The third-order valence-electron chi connectivity index (χ3n) is 2.81. The lowest BCUT2D eigenvalue weighted by molar-refractivity contribution is 0.0672. The van der Waals surface area contributed by atoms with Crippen LogP contribution < -0.4 is 5.73 Å². The second kappa shape index (κ2) is 9.11. The summed E-state index contributed by atoms with van der Waals surface area (Å²) in [4.78, 5) is 18.5. The highest BCUT2D eigenvalue weighted by Crippen LogP contribution is 2.11. The van der Waals surface area contributed by atoms with Crippen molar-refractivity contribution in [3.63, 3.8) is 0 Å². The minimum atomic E-state index is -0.0514. The lowest BCUT2D eigenvalue weighted by atomic mass is 10.1. The monoisotopic (exact) mass is 289 g/mol. The fourth-order valence-electron chi connectivity index (χ4n) is 1.92. The molecule has 1 aromatic rings. The number of carbonyl (C=O) groups is 1. The average Bonchev–Trinajstić information content (AvgIpc) is 2.48. The van der Waals surface area contributed by atoms with E-state index in [4.69, 9.17) is 10.5 Å². The van der Waals surface area contributed by atoms with Crippen LogP contribution in [0.5, 0.6) is 0 Å². The maximum atomic E-state index is 12.7. The first-order valence-electron chi connectivity index (χ1n) is 7.01. The molecule has 1 amide bonds. The highest BCUT2D eigenvalue weighted by Gasteiger charge is 2.19. The largest absolute Gasteiger partial charge is 0.383 e. The van der Waals surface area contributed by atoms with Gasteiger partial charge in [0.1, 0.15) is 0 Å². The van der Waals surface area contributed by atoms with Crippen LogP contribution in [0.4, 0.5) is 0 Å². The first kappa shape index (κ1) is 17.2. The molecule has 0 aliphatic carbocycles. The molecular weight excluding hydrogens is 266 g/mol. The van der Waals surface area contributed by atoms with E-state index in [0.29, 0.717) is 36.7 Å². The molecule has 114 valence electrons. The zero-order chi connectivity index (χ0) is 15.7. The topological polar surface area (TPSA) is 68.5 Å². The predicted molar refractivity (Wildman–Crippen MR) is 82.8 cm³/mol. The normalized spacial score (nSPS) is 10.1. The van der Waals surface area contributed by atoms with E-state index in [2.05, 4.69) is 30.7 Å². The number of carbonyl (C=O) groups excluding carboxylic acids is 1. The maximum absolute atomic E-state index is 12.7. The molecule has 0 spiro atoms. The second-order valence-electron chi connectivity index (χ2n) is 5.06. The van der Waals surface area contributed by atoms with E-state index in [1.807, 2.05) is 0 Å². The number of hydrogen-bond donors (Lipinski definition) is 1. The molecule has 0 unspecified atom stereocenters. The van der Waals surface area contributed by atoms with Crippen molar-refractivity contribution in [2.45, 2.75) is 13.8 Å². The van der Waals surface area contributed by atoms with Gasteiger partial charge in [0.15, 0.2) is 0 Å². The number of amides is 1. The van der Waals surface area contributed by atoms with Gasteiger partial charge in [-0.1, -0.05) is 25.7 Å². The zero-order valence-electron chi connectivity index (χ0n) is 12.9. The number of methoxy groups -OCH3 is 1. The molecule has 0 radical (unpaired) electrons. The van der Waals surface area contributed by atoms with E-state index < -0.39 is 0 Å². The van der Waals surface area contributed by atoms with Crippen LogP contribution in [-0.4, -0.2) is 49.1 Å². The molecule has 0 bridgehead atoms. The first-order chi connectivity index (χ1) is 10.1. The van der Waals surface area contributed by atoms with Crippen LogP contribution in [0, 0.1) is 17.8 Å². The molecule has 0 aromatic carbocycles. The fraction of sp³-hybridized carbons (Fsp3) is 0.500. The van der Waals surface area contributed by atoms with Gasteiger partial charge in [-0.05, 0) is 12.0 Å². The molecule has 0 aliphatic rings. The van der Waals surface area contributed by atoms with Gasteiger partial charge in [-0.25, -0.2) is 0 Å². The Kier molecular flexibility index (Phi) is 7.44. The smallest absolute Gasteiger partial charge is 0.255 e. The van der Waals surface area contributed by atoms with Crippen molar-refractivity contribution in [2.75, 3.05) is 33.4 Å². The van der Waals surface area contributed by atoms with Gasteiger partial charge in [0, 0.05) is 32.6 Å². The summed E-state index contributed by atoms with van der Waals surface area (Å²) in [5.74, 6) is 6.00. The third-order valence-corrected chi connectivity index (χ3v) is 2.81. The summed E-state index contributed by atoms with van der Waals surface area (Å²) in [6.45, 7) is 6.15. The summed E-state index contributed by atoms with van der Waals surface area (Å²) in [5.41, 5.74) is 6.56. The minimum Gasteiger partial charge on any atom is -0.383 e. The number of nitrogens with two attached hydrogens (primary N) is 1. The van der Waals surface area contributed by atoms with Crippen LogP contribution in [0.3, 0.4) is 0 Å². The molecule has 1 heterocycles. The molecule has 5 heteroatoms. The minimum absolute atomic E-state index is 0.0514. The van der Waals surface area contributed by atoms with Gasteiger partial charge >= 0.3 is 0 Å². The lowest BCUT2D eigenvalue weighted by Gasteiger charge is -2.24. The zero-order valence-corrected chi connectivity index (χ0v) is 12.9. The van der Waals surface area contributed by atoms with Gasteiger partial charge in [-0.3, -0.25) is 9.78 Å². The van der Waals surface area contributed by atoms with E-state index in [9.17, 15) is 4.79 Å². The quantitative estimate of drug-likeness (QED) is 0.797. The Morgan fingerprint density at radius 1 is 1.52 bits per heavy atom. The summed E-state index contributed by atoms with van der Waals surface area (Å²) >= 11 is 0. The van der Waals surface area contributed by atoms with Crippen molar-refractivity contribution in [1.82, 2.24) is 9.88 Å². The highest BCUT2D eigenvalue weighted by molar-refractivity contribution is 5.96. The van der Waals surface area contributed by atoms with Gasteiger partial charge in [-0.15, -0.1) is 0 Å². The third kappa shape index (κ3) is 5.54. The van der Waals surface area contributed by atoms with Crippen LogP contribution in [-0.2, 0) is 4.74 Å². The molecule has 0 fully saturated rings. The van der Waals surface area contributed by atoms with Gasteiger partial charge < -0.3 is 15.4 Å². The molecular formula is C16H23N3O2. The number of nitrogens with zero attached hydrogens (tertiary/aromatic N) is 2. The van der Waals surface area contributed by atoms with Crippen molar-refractivity contribution >= 4 is 5.91 Å². The van der Waals surface area contributed by atoms with Crippen LogP contribution in [0.2, 0.25) is 0 Å². The van der Waals surface area contributed by atoms with Gasteiger partial charge in [0.2, 0.25) is 0 Å². The predicted octanol–water partition coefficient (Wildman–Crippen LogP) is 1.14. The van der Waals surface area contributed by atoms with Crippen molar-refractivity contribution in [1.29, 1.82) is 0 Å².